The molecule has 1 aromatic heterocycles. The van der Waals surface area contributed by atoms with E-state index in [4.69, 9.17) is 0 Å². The van der Waals surface area contributed by atoms with Crippen LogP contribution >= 0.6 is 0 Å². The summed E-state index contributed by atoms with van der Waals surface area (Å²) in [6.45, 7) is 5.85. The summed E-state index contributed by atoms with van der Waals surface area (Å²) in [5, 5.41) is 21.4. The van der Waals surface area contributed by atoms with Gasteiger partial charge in [0.2, 0.25) is 5.91 Å². The molecule has 2 atom stereocenters. The van der Waals surface area contributed by atoms with Crippen LogP contribution in [0.1, 0.15) is 56.4 Å². The third-order valence-electron chi connectivity index (χ3n) is 7.05. The fourth-order valence-electron chi connectivity index (χ4n) is 4.95. The average Bonchev–Trinajstić information content (AvgIpc) is 2.99. The van der Waals surface area contributed by atoms with Gasteiger partial charge >= 0.3 is 0 Å². The molecular weight excluding hydrogens is 376 g/mol. The molecule has 1 fully saturated rings. The maximum Gasteiger partial charge on any atom is 0.237 e. The SMILES string of the molecule is CC12CCC(C(=O)Nc3ccc(F)c(F)c3)(c3nc(C#N)c(C#N)nc31)C2(C)C. The highest BCUT2D eigenvalue weighted by atomic mass is 19.2. The molecule has 1 amide bonds. The number of aromatic nitrogens is 2. The third kappa shape index (κ3) is 2.14. The van der Waals surface area contributed by atoms with E-state index in [0.29, 0.717) is 24.2 Å². The minimum absolute atomic E-state index is 0.0630. The van der Waals surface area contributed by atoms with Gasteiger partial charge in [0.15, 0.2) is 23.0 Å². The Morgan fingerprint density at radius 3 is 2.24 bits per heavy atom. The Bertz CT molecular complexity index is 1160. The topological polar surface area (TPSA) is 102 Å². The highest BCUT2D eigenvalue weighted by molar-refractivity contribution is 6.01. The van der Waals surface area contributed by atoms with Gasteiger partial charge in [0, 0.05) is 17.2 Å². The Morgan fingerprint density at radius 1 is 1.03 bits per heavy atom. The fourth-order valence-corrected chi connectivity index (χ4v) is 4.95. The molecule has 0 saturated heterocycles. The van der Waals surface area contributed by atoms with Crippen molar-refractivity contribution in [2.45, 2.75) is 44.4 Å². The van der Waals surface area contributed by atoms with E-state index in [1.165, 1.54) is 6.07 Å². The van der Waals surface area contributed by atoms with Crippen LogP contribution in [0, 0.1) is 39.7 Å². The number of nitrogens with zero attached hydrogens (tertiary/aromatic N) is 4. The molecule has 2 aliphatic carbocycles. The number of nitrogens with one attached hydrogen (secondary N) is 1. The third-order valence-corrected chi connectivity index (χ3v) is 7.05. The van der Waals surface area contributed by atoms with Gasteiger partial charge in [-0.2, -0.15) is 10.5 Å². The number of anilines is 1. The van der Waals surface area contributed by atoms with Crippen LogP contribution in [0.25, 0.3) is 0 Å². The Morgan fingerprint density at radius 2 is 1.66 bits per heavy atom. The number of fused-ring (bicyclic) bond motifs is 5. The van der Waals surface area contributed by atoms with Gasteiger partial charge in [0.25, 0.3) is 0 Å². The minimum Gasteiger partial charge on any atom is -0.325 e. The molecule has 1 saturated carbocycles. The molecule has 0 aliphatic heterocycles. The van der Waals surface area contributed by atoms with Crippen LogP contribution in [0.15, 0.2) is 18.2 Å². The van der Waals surface area contributed by atoms with Gasteiger partial charge in [-0.3, -0.25) is 4.79 Å². The summed E-state index contributed by atoms with van der Waals surface area (Å²) in [5.41, 5.74) is -1.41. The molecule has 4 rings (SSSR count). The second-order valence-electron chi connectivity index (χ2n) is 8.29. The molecule has 146 valence electrons. The average molecular weight is 393 g/mol. The lowest BCUT2D eigenvalue weighted by molar-refractivity contribution is -0.125. The summed E-state index contributed by atoms with van der Waals surface area (Å²) in [7, 11) is 0. The van der Waals surface area contributed by atoms with Crippen molar-refractivity contribution in [1.29, 1.82) is 10.5 Å². The summed E-state index contributed by atoms with van der Waals surface area (Å²) in [6, 6.07) is 6.93. The number of amides is 1. The quantitative estimate of drug-likeness (QED) is 0.842. The van der Waals surface area contributed by atoms with Gasteiger partial charge in [-0.25, -0.2) is 18.7 Å². The first-order chi connectivity index (χ1) is 13.6. The molecule has 2 aromatic rings. The van der Waals surface area contributed by atoms with Crippen molar-refractivity contribution >= 4 is 11.6 Å². The summed E-state index contributed by atoms with van der Waals surface area (Å²) in [6.07, 6.45) is 1.11. The van der Waals surface area contributed by atoms with Crippen LogP contribution < -0.4 is 5.32 Å². The van der Waals surface area contributed by atoms with Gasteiger partial charge in [0.05, 0.1) is 16.8 Å². The number of hydrogen-bond donors (Lipinski definition) is 1. The zero-order chi connectivity index (χ0) is 21.2. The second kappa shape index (κ2) is 5.81. The second-order valence-corrected chi connectivity index (χ2v) is 8.29. The summed E-state index contributed by atoms with van der Waals surface area (Å²) in [5.74, 6) is -2.48. The number of carbonyl (C=O) groups is 1. The van der Waals surface area contributed by atoms with Gasteiger partial charge in [0.1, 0.15) is 12.1 Å². The summed E-state index contributed by atoms with van der Waals surface area (Å²) < 4.78 is 26.9. The van der Waals surface area contributed by atoms with E-state index in [0.717, 1.165) is 12.1 Å². The molecule has 0 spiro atoms. The molecule has 6 nitrogen and oxygen atoms in total. The van der Waals surface area contributed by atoms with E-state index in [1.807, 2.05) is 32.9 Å². The first kappa shape index (κ1) is 18.9. The molecule has 1 heterocycles. The van der Waals surface area contributed by atoms with Crippen LogP contribution in [-0.4, -0.2) is 15.9 Å². The van der Waals surface area contributed by atoms with Crippen molar-refractivity contribution in [2.24, 2.45) is 5.41 Å². The Hall–Kier alpha value is -3.39. The predicted octanol–water partition coefficient (Wildman–Crippen LogP) is 3.47. The maximum absolute atomic E-state index is 13.6. The molecule has 8 heteroatoms. The number of rotatable bonds is 2. The molecule has 0 radical (unpaired) electrons. The lowest BCUT2D eigenvalue weighted by Gasteiger charge is -2.39. The zero-order valence-electron chi connectivity index (χ0n) is 16.1. The van der Waals surface area contributed by atoms with Crippen molar-refractivity contribution in [3.8, 4) is 12.1 Å². The highest BCUT2D eigenvalue weighted by Gasteiger charge is 2.73. The summed E-state index contributed by atoms with van der Waals surface area (Å²) in [4.78, 5) is 22.3. The molecule has 1 aromatic carbocycles. The van der Waals surface area contributed by atoms with Gasteiger partial charge in [-0.05, 0) is 30.4 Å². The van der Waals surface area contributed by atoms with E-state index < -0.39 is 33.8 Å². The number of halogens is 2. The molecule has 2 bridgehead atoms. The lowest BCUT2D eigenvalue weighted by atomic mass is 9.63. The van der Waals surface area contributed by atoms with Crippen molar-refractivity contribution in [2.75, 3.05) is 5.32 Å². The van der Waals surface area contributed by atoms with Gasteiger partial charge in [-0.15, -0.1) is 0 Å². The van der Waals surface area contributed by atoms with Crippen molar-refractivity contribution in [3.05, 3.63) is 52.6 Å². The predicted molar refractivity (Wildman–Crippen MR) is 98.5 cm³/mol. The van der Waals surface area contributed by atoms with E-state index >= 15 is 0 Å². The van der Waals surface area contributed by atoms with Crippen molar-refractivity contribution < 1.29 is 13.6 Å². The molecule has 2 unspecified atom stereocenters. The maximum atomic E-state index is 13.6. The molecule has 1 N–H and O–H groups in total. The standard InChI is InChI=1S/C21H17F2N5O/c1-19(2)20(3)6-7-21(19,17-16(20)27-14(9-24)15(10-25)28-17)18(29)26-11-4-5-12(22)13(23)8-11/h4-5,8H,6-7H2,1-3H3,(H,26,29). The first-order valence-corrected chi connectivity index (χ1v) is 9.12. The Kier molecular flexibility index (Phi) is 3.79. The minimum atomic E-state index is -1.12. The van der Waals surface area contributed by atoms with E-state index in [2.05, 4.69) is 15.3 Å². The van der Waals surface area contributed by atoms with Crippen LogP contribution in [-0.2, 0) is 15.6 Å². The monoisotopic (exact) mass is 393 g/mol. The van der Waals surface area contributed by atoms with E-state index in [9.17, 15) is 24.1 Å². The zero-order valence-corrected chi connectivity index (χ0v) is 16.1. The molecular formula is C21H17F2N5O. The highest BCUT2D eigenvalue weighted by Crippen LogP contribution is 2.70. The lowest BCUT2D eigenvalue weighted by Crippen LogP contribution is -2.48. The molecule has 29 heavy (non-hydrogen) atoms. The van der Waals surface area contributed by atoms with Crippen LogP contribution in [0.3, 0.4) is 0 Å². The fraction of sp³-hybridized carbons (Fsp3) is 0.381. The number of nitriles is 2. The normalized spacial score (nSPS) is 25.8. The van der Waals surface area contributed by atoms with Crippen LogP contribution in [0.2, 0.25) is 0 Å². The van der Waals surface area contributed by atoms with Crippen molar-refractivity contribution in [3.63, 3.8) is 0 Å². The van der Waals surface area contributed by atoms with E-state index in [1.54, 1.807) is 0 Å². The Labute approximate surface area is 166 Å². The molecule has 2 aliphatic rings. The number of benzene rings is 1. The smallest absolute Gasteiger partial charge is 0.237 e. The number of carbonyl (C=O) groups excluding carboxylic acids is 1. The van der Waals surface area contributed by atoms with Gasteiger partial charge in [-0.1, -0.05) is 20.8 Å². The van der Waals surface area contributed by atoms with E-state index in [-0.39, 0.29) is 17.1 Å². The van der Waals surface area contributed by atoms with Crippen molar-refractivity contribution in [1.82, 2.24) is 9.97 Å². The first-order valence-electron chi connectivity index (χ1n) is 9.12. The van der Waals surface area contributed by atoms with Crippen LogP contribution in [0.5, 0.6) is 0 Å². The number of hydrogen-bond acceptors (Lipinski definition) is 5. The van der Waals surface area contributed by atoms with Crippen LogP contribution in [0.4, 0.5) is 14.5 Å². The summed E-state index contributed by atoms with van der Waals surface area (Å²) >= 11 is 0. The Balaban J connectivity index is 1.89. The largest absolute Gasteiger partial charge is 0.325 e. The van der Waals surface area contributed by atoms with Gasteiger partial charge < -0.3 is 5.32 Å².